The van der Waals surface area contributed by atoms with Gasteiger partial charge < -0.3 is 5.32 Å². The van der Waals surface area contributed by atoms with E-state index in [1.165, 1.54) is 29.2 Å². The van der Waals surface area contributed by atoms with Crippen molar-refractivity contribution in [3.8, 4) is 0 Å². The maximum Gasteiger partial charge on any atom is 0.270 e. The van der Waals surface area contributed by atoms with E-state index >= 15 is 0 Å². The molecule has 2 aromatic rings. The third-order valence-corrected chi connectivity index (χ3v) is 3.15. The van der Waals surface area contributed by atoms with Gasteiger partial charge in [-0.1, -0.05) is 0 Å². The Balaban J connectivity index is 2.12. The minimum Gasteiger partial charge on any atom is -0.345 e. The van der Waals surface area contributed by atoms with Crippen molar-refractivity contribution in [2.45, 2.75) is 6.54 Å². The standard InChI is InChI=1S/C11H10BrN5O3/c1-16-6-14-10(15-16)5-13-11(18)8-4-7(17(19)20)2-3-9(8)12/h2-4,6H,5H2,1H3,(H,13,18). The molecule has 1 aromatic carbocycles. The molecule has 0 saturated heterocycles. The Labute approximate surface area is 122 Å². The maximum atomic E-state index is 12.0. The van der Waals surface area contributed by atoms with Gasteiger partial charge in [0.05, 0.1) is 17.0 Å². The van der Waals surface area contributed by atoms with Gasteiger partial charge in [-0.05, 0) is 22.0 Å². The van der Waals surface area contributed by atoms with Gasteiger partial charge in [0.25, 0.3) is 11.6 Å². The summed E-state index contributed by atoms with van der Waals surface area (Å²) in [4.78, 5) is 26.1. The van der Waals surface area contributed by atoms with Gasteiger partial charge in [-0.25, -0.2) is 4.98 Å². The van der Waals surface area contributed by atoms with Crippen LogP contribution in [0.5, 0.6) is 0 Å². The number of nitro groups is 1. The van der Waals surface area contributed by atoms with Crippen LogP contribution in [0, 0.1) is 10.1 Å². The van der Waals surface area contributed by atoms with Crippen LogP contribution in [-0.2, 0) is 13.6 Å². The summed E-state index contributed by atoms with van der Waals surface area (Å²) >= 11 is 3.19. The number of hydrogen-bond acceptors (Lipinski definition) is 5. The van der Waals surface area contributed by atoms with Crippen LogP contribution in [0.15, 0.2) is 29.0 Å². The lowest BCUT2D eigenvalue weighted by atomic mass is 10.2. The van der Waals surface area contributed by atoms with Gasteiger partial charge in [0.1, 0.15) is 6.33 Å². The van der Waals surface area contributed by atoms with Crippen molar-refractivity contribution in [3.63, 3.8) is 0 Å². The van der Waals surface area contributed by atoms with Gasteiger partial charge in [0.15, 0.2) is 5.82 Å². The van der Waals surface area contributed by atoms with Crippen molar-refractivity contribution in [2.75, 3.05) is 0 Å². The van der Waals surface area contributed by atoms with Gasteiger partial charge in [0.2, 0.25) is 0 Å². The molecule has 1 N–H and O–H groups in total. The molecule has 9 heteroatoms. The first kappa shape index (κ1) is 14.1. The number of nitrogens with zero attached hydrogens (tertiary/aromatic N) is 4. The second kappa shape index (κ2) is 5.78. The van der Waals surface area contributed by atoms with E-state index in [-0.39, 0.29) is 17.8 Å². The van der Waals surface area contributed by atoms with Crippen molar-refractivity contribution in [2.24, 2.45) is 7.05 Å². The van der Waals surface area contributed by atoms with E-state index in [9.17, 15) is 14.9 Å². The number of aryl methyl sites for hydroxylation is 1. The van der Waals surface area contributed by atoms with Crippen LogP contribution in [0.1, 0.15) is 16.2 Å². The average molecular weight is 340 g/mol. The Bertz CT molecular complexity index is 670. The molecule has 1 aromatic heterocycles. The van der Waals surface area contributed by atoms with Gasteiger partial charge in [0, 0.05) is 23.7 Å². The molecule has 0 unspecified atom stereocenters. The Morgan fingerprint density at radius 1 is 1.55 bits per heavy atom. The molecule has 0 aliphatic carbocycles. The van der Waals surface area contributed by atoms with Crippen LogP contribution in [0.2, 0.25) is 0 Å². The van der Waals surface area contributed by atoms with Crippen molar-refractivity contribution >= 4 is 27.5 Å². The van der Waals surface area contributed by atoms with Gasteiger partial charge in [-0.3, -0.25) is 19.6 Å². The average Bonchev–Trinajstić information content (AvgIpc) is 2.82. The summed E-state index contributed by atoms with van der Waals surface area (Å²) < 4.78 is 2.00. The minimum atomic E-state index is -0.552. The number of non-ortho nitro benzene ring substituents is 1. The van der Waals surface area contributed by atoms with E-state index < -0.39 is 10.8 Å². The highest BCUT2D eigenvalue weighted by Gasteiger charge is 2.15. The molecule has 20 heavy (non-hydrogen) atoms. The number of hydrogen-bond donors (Lipinski definition) is 1. The Hall–Kier alpha value is -2.29. The largest absolute Gasteiger partial charge is 0.345 e. The molecular formula is C11H10BrN5O3. The molecule has 0 spiro atoms. The molecule has 0 aliphatic heterocycles. The highest BCUT2D eigenvalue weighted by atomic mass is 79.9. The lowest BCUT2D eigenvalue weighted by Gasteiger charge is -2.05. The first-order valence-electron chi connectivity index (χ1n) is 5.54. The minimum absolute atomic E-state index is 0.144. The van der Waals surface area contributed by atoms with E-state index in [0.717, 1.165) is 0 Å². The number of amides is 1. The van der Waals surface area contributed by atoms with E-state index in [0.29, 0.717) is 10.3 Å². The maximum absolute atomic E-state index is 12.0. The molecule has 2 rings (SSSR count). The van der Waals surface area contributed by atoms with Crippen molar-refractivity contribution in [1.29, 1.82) is 0 Å². The van der Waals surface area contributed by atoms with Crippen molar-refractivity contribution < 1.29 is 9.72 Å². The summed E-state index contributed by atoms with van der Waals surface area (Å²) in [5.41, 5.74) is 0.0458. The summed E-state index contributed by atoms with van der Waals surface area (Å²) in [6.45, 7) is 0.148. The zero-order chi connectivity index (χ0) is 14.7. The molecule has 0 bridgehead atoms. The molecule has 104 valence electrons. The summed E-state index contributed by atoms with van der Waals surface area (Å²) in [5, 5.41) is 17.3. The van der Waals surface area contributed by atoms with Crippen LogP contribution in [0.3, 0.4) is 0 Å². The number of nitrogens with one attached hydrogen (secondary N) is 1. The molecule has 0 aliphatic rings. The molecule has 1 heterocycles. The number of aromatic nitrogens is 3. The smallest absolute Gasteiger partial charge is 0.270 e. The lowest BCUT2D eigenvalue weighted by molar-refractivity contribution is -0.384. The van der Waals surface area contributed by atoms with E-state index in [1.54, 1.807) is 7.05 Å². The fraction of sp³-hybridized carbons (Fsp3) is 0.182. The second-order valence-corrected chi connectivity index (χ2v) is 4.79. The molecule has 0 saturated carbocycles. The van der Waals surface area contributed by atoms with Crippen LogP contribution in [0.25, 0.3) is 0 Å². The van der Waals surface area contributed by atoms with E-state index in [4.69, 9.17) is 0 Å². The van der Waals surface area contributed by atoms with Gasteiger partial charge >= 0.3 is 0 Å². The number of rotatable bonds is 4. The molecule has 1 amide bonds. The van der Waals surface area contributed by atoms with Crippen LogP contribution in [-0.4, -0.2) is 25.6 Å². The number of nitro benzene ring substituents is 1. The molecule has 0 radical (unpaired) electrons. The fourth-order valence-electron chi connectivity index (χ4n) is 1.52. The monoisotopic (exact) mass is 339 g/mol. The number of halogens is 1. The number of benzene rings is 1. The SMILES string of the molecule is Cn1cnc(CNC(=O)c2cc([N+](=O)[O-])ccc2Br)n1. The van der Waals surface area contributed by atoms with E-state index in [2.05, 4.69) is 31.3 Å². The topological polar surface area (TPSA) is 103 Å². The van der Waals surface area contributed by atoms with Gasteiger partial charge in [-0.15, -0.1) is 0 Å². The zero-order valence-corrected chi connectivity index (χ0v) is 12.0. The van der Waals surface area contributed by atoms with Crippen molar-refractivity contribution in [1.82, 2.24) is 20.1 Å². The molecule has 0 atom stereocenters. The predicted octanol–water partition coefficient (Wildman–Crippen LogP) is 1.42. The highest BCUT2D eigenvalue weighted by Crippen LogP contribution is 2.22. The Morgan fingerprint density at radius 3 is 2.90 bits per heavy atom. The van der Waals surface area contributed by atoms with Crippen LogP contribution >= 0.6 is 15.9 Å². The second-order valence-electron chi connectivity index (χ2n) is 3.94. The first-order chi connectivity index (χ1) is 9.47. The highest BCUT2D eigenvalue weighted by molar-refractivity contribution is 9.10. The molecule has 0 fully saturated rings. The predicted molar refractivity (Wildman–Crippen MR) is 73.0 cm³/mol. The summed E-state index contributed by atoms with van der Waals surface area (Å²) in [6.07, 6.45) is 1.52. The van der Waals surface area contributed by atoms with Gasteiger partial charge in [-0.2, -0.15) is 5.10 Å². The first-order valence-corrected chi connectivity index (χ1v) is 6.33. The fourth-order valence-corrected chi connectivity index (χ4v) is 1.95. The van der Waals surface area contributed by atoms with Crippen molar-refractivity contribution in [3.05, 3.63) is 50.5 Å². The van der Waals surface area contributed by atoms with Crippen LogP contribution < -0.4 is 5.32 Å². The lowest BCUT2D eigenvalue weighted by Crippen LogP contribution is -2.24. The normalized spacial score (nSPS) is 10.3. The van der Waals surface area contributed by atoms with E-state index in [1.807, 2.05) is 0 Å². The third-order valence-electron chi connectivity index (χ3n) is 2.46. The zero-order valence-electron chi connectivity index (χ0n) is 10.4. The summed E-state index contributed by atoms with van der Waals surface area (Å²) in [7, 11) is 1.72. The van der Waals surface area contributed by atoms with Crippen LogP contribution in [0.4, 0.5) is 5.69 Å². The summed E-state index contributed by atoms with van der Waals surface area (Å²) in [5.74, 6) is 0.0235. The summed E-state index contributed by atoms with van der Waals surface area (Å²) in [6, 6.07) is 4.00. The molecular weight excluding hydrogens is 330 g/mol. The number of carbonyl (C=O) groups is 1. The quantitative estimate of drug-likeness (QED) is 0.670. The number of carbonyl (C=O) groups excluding carboxylic acids is 1. The Morgan fingerprint density at radius 2 is 2.30 bits per heavy atom. The third kappa shape index (κ3) is 3.18. The Kier molecular flexibility index (Phi) is 4.08. The molecule has 8 nitrogen and oxygen atoms in total.